The molecule has 1 aromatic carbocycles. The second kappa shape index (κ2) is 5.27. The first-order valence-corrected chi connectivity index (χ1v) is 6.15. The van der Waals surface area contributed by atoms with Gasteiger partial charge in [-0.25, -0.2) is 4.79 Å². The zero-order chi connectivity index (χ0) is 12.3. The molecule has 0 atom stereocenters. The van der Waals surface area contributed by atoms with Gasteiger partial charge >= 0.3 is 5.97 Å². The number of nitrogens with zero attached hydrogens (tertiary/aromatic N) is 1. The first kappa shape index (κ1) is 12.0. The summed E-state index contributed by atoms with van der Waals surface area (Å²) in [5.41, 5.74) is 2.14. The summed E-state index contributed by atoms with van der Waals surface area (Å²) in [5, 5.41) is 9.06. The summed E-state index contributed by atoms with van der Waals surface area (Å²) < 4.78 is 1.16. The number of halogens is 1. The van der Waals surface area contributed by atoms with Gasteiger partial charge in [-0.2, -0.15) is 0 Å². The Morgan fingerprint density at radius 2 is 1.94 bits per heavy atom. The molecule has 1 N–H and O–H groups in total. The maximum Gasteiger partial charge on any atom is 0.336 e. The zero-order valence-electron chi connectivity index (χ0n) is 8.93. The van der Waals surface area contributed by atoms with Gasteiger partial charge in [0.1, 0.15) is 0 Å². The van der Waals surface area contributed by atoms with Crippen LogP contribution in [0.15, 0.2) is 42.7 Å². The Labute approximate surface area is 113 Å². The summed E-state index contributed by atoms with van der Waals surface area (Å²) in [6.07, 6.45) is 3.70. The van der Waals surface area contributed by atoms with Gasteiger partial charge in [0, 0.05) is 16.0 Å². The van der Waals surface area contributed by atoms with E-state index < -0.39 is 5.97 Å². The maximum absolute atomic E-state index is 11.0. The highest BCUT2D eigenvalue weighted by Gasteiger charge is 2.09. The van der Waals surface area contributed by atoms with Crippen molar-refractivity contribution in [2.75, 3.05) is 0 Å². The van der Waals surface area contributed by atoms with Crippen molar-refractivity contribution < 1.29 is 9.90 Å². The number of rotatable bonds is 3. The van der Waals surface area contributed by atoms with Crippen LogP contribution >= 0.6 is 22.6 Å². The monoisotopic (exact) mass is 339 g/mol. The number of aromatic nitrogens is 1. The Kier molecular flexibility index (Phi) is 3.73. The van der Waals surface area contributed by atoms with Crippen molar-refractivity contribution in [2.45, 2.75) is 6.42 Å². The van der Waals surface area contributed by atoms with Crippen LogP contribution in [0.5, 0.6) is 0 Å². The quantitative estimate of drug-likeness (QED) is 0.875. The lowest BCUT2D eigenvalue weighted by Crippen LogP contribution is -2.03. The van der Waals surface area contributed by atoms with Crippen LogP contribution in [0, 0.1) is 3.57 Å². The van der Waals surface area contributed by atoms with Crippen LogP contribution in [0.25, 0.3) is 0 Å². The van der Waals surface area contributed by atoms with Gasteiger partial charge < -0.3 is 5.11 Å². The Morgan fingerprint density at radius 3 is 2.59 bits per heavy atom. The van der Waals surface area contributed by atoms with E-state index in [-0.39, 0.29) is 0 Å². The normalized spacial score (nSPS) is 10.2. The van der Waals surface area contributed by atoms with E-state index >= 15 is 0 Å². The summed E-state index contributed by atoms with van der Waals surface area (Å²) in [6.45, 7) is 0. The number of pyridine rings is 1. The molecular weight excluding hydrogens is 329 g/mol. The lowest BCUT2D eigenvalue weighted by Gasteiger charge is -2.05. The van der Waals surface area contributed by atoms with Crippen molar-refractivity contribution in [2.24, 2.45) is 0 Å². The number of carbonyl (C=O) groups is 1. The summed E-state index contributed by atoms with van der Waals surface area (Å²) in [7, 11) is 0. The second-order valence-corrected chi connectivity index (χ2v) is 4.89. The highest BCUT2D eigenvalue weighted by Crippen LogP contribution is 2.14. The number of aromatic carboxylic acids is 1. The number of carboxylic acids is 1. The van der Waals surface area contributed by atoms with E-state index in [0.717, 1.165) is 14.7 Å². The van der Waals surface area contributed by atoms with Crippen molar-refractivity contribution >= 4 is 28.6 Å². The van der Waals surface area contributed by atoms with E-state index in [0.29, 0.717) is 12.0 Å². The van der Waals surface area contributed by atoms with Gasteiger partial charge in [-0.1, -0.05) is 12.1 Å². The van der Waals surface area contributed by atoms with Crippen molar-refractivity contribution in [1.29, 1.82) is 0 Å². The molecule has 2 aromatic rings. The number of hydrogen-bond acceptors (Lipinski definition) is 2. The van der Waals surface area contributed by atoms with Crippen molar-refractivity contribution in [1.82, 2.24) is 4.98 Å². The second-order valence-electron chi connectivity index (χ2n) is 3.64. The minimum absolute atomic E-state index is 0.318. The molecule has 0 spiro atoms. The van der Waals surface area contributed by atoms with Crippen LogP contribution in [-0.4, -0.2) is 16.1 Å². The molecule has 1 heterocycles. The summed E-state index contributed by atoms with van der Waals surface area (Å²) >= 11 is 2.24. The highest BCUT2D eigenvalue weighted by atomic mass is 127. The topological polar surface area (TPSA) is 50.2 Å². The number of hydrogen-bond donors (Lipinski definition) is 1. The third-order valence-corrected chi connectivity index (χ3v) is 3.16. The van der Waals surface area contributed by atoms with E-state index in [1.165, 1.54) is 12.3 Å². The third kappa shape index (κ3) is 3.03. The molecule has 0 aliphatic heterocycles. The van der Waals surface area contributed by atoms with E-state index in [4.69, 9.17) is 5.11 Å². The lowest BCUT2D eigenvalue weighted by molar-refractivity contribution is 0.0695. The van der Waals surface area contributed by atoms with Crippen molar-refractivity contribution in [3.8, 4) is 0 Å². The molecule has 3 nitrogen and oxygen atoms in total. The molecule has 0 radical (unpaired) electrons. The van der Waals surface area contributed by atoms with Gasteiger partial charge in [0.15, 0.2) is 0 Å². The van der Waals surface area contributed by atoms with Gasteiger partial charge in [-0.3, -0.25) is 4.98 Å². The predicted octanol–water partition coefficient (Wildman–Crippen LogP) is 2.98. The fourth-order valence-corrected chi connectivity index (χ4v) is 1.96. The average molecular weight is 339 g/mol. The van der Waals surface area contributed by atoms with Crippen LogP contribution in [-0.2, 0) is 6.42 Å². The van der Waals surface area contributed by atoms with E-state index in [2.05, 4.69) is 27.6 Å². The summed E-state index contributed by atoms with van der Waals surface area (Å²) in [4.78, 5) is 15.0. The Bertz CT molecular complexity index is 537. The van der Waals surface area contributed by atoms with Crippen molar-refractivity contribution in [3.63, 3.8) is 0 Å². The molecule has 0 amide bonds. The molecule has 0 bridgehead atoms. The van der Waals surface area contributed by atoms with Gasteiger partial charge in [0.25, 0.3) is 0 Å². The van der Waals surface area contributed by atoms with Crippen LogP contribution in [0.1, 0.15) is 21.5 Å². The molecule has 0 saturated heterocycles. The molecule has 2 rings (SSSR count). The number of benzene rings is 1. The molecule has 1 aromatic heterocycles. The van der Waals surface area contributed by atoms with E-state index in [1.54, 1.807) is 6.20 Å². The lowest BCUT2D eigenvalue weighted by atomic mass is 10.0. The minimum Gasteiger partial charge on any atom is -0.478 e. The van der Waals surface area contributed by atoms with Crippen molar-refractivity contribution in [3.05, 3.63) is 63.0 Å². The fraction of sp³-hybridized carbons (Fsp3) is 0.0769. The zero-order valence-corrected chi connectivity index (χ0v) is 11.1. The first-order chi connectivity index (χ1) is 8.16. The van der Waals surface area contributed by atoms with Gasteiger partial charge in [0.2, 0.25) is 0 Å². The van der Waals surface area contributed by atoms with Crippen LogP contribution in [0.4, 0.5) is 0 Å². The predicted molar refractivity (Wildman–Crippen MR) is 73.2 cm³/mol. The van der Waals surface area contributed by atoms with Crippen LogP contribution in [0.2, 0.25) is 0 Å². The van der Waals surface area contributed by atoms with E-state index in [9.17, 15) is 4.79 Å². The van der Waals surface area contributed by atoms with Crippen LogP contribution < -0.4 is 0 Å². The molecule has 0 aliphatic rings. The Hall–Kier alpha value is -1.43. The smallest absolute Gasteiger partial charge is 0.336 e. The number of carboxylic acid groups (broad SMARTS) is 1. The average Bonchev–Trinajstić information content (AvgIpc) is 2.32. The summed E-state index contributed by atoms with van der Waals surface area (Å²) in [5.74, 6) is -0.909. The standard InChI is InChI=1S/C13H10INO2/c14-11-3-1-9(2-4-11)7-10-8-15-6-5-12(10)13(16)17/h1-6,8H,7H2,(H,16,17). The molecule has 86 valence electrons. The SMILES string of the molecule is O=C(O)c1ccncc1Cc1ccc(I)cc1. The van der Waals surface area contributed by atoms with Gasteiger partial charge in [-0.15, -0.1) is 0 Å². The maximum atomic E-state index is 11.0. The first-order valence-electron chi connectivity index (χ1n) is 5.07. The molecular formula is C13H10INO2. The Balaban J connectivity index is 2.30. The fourth-order valence-electron chi connectivity index (χ4n) is 1.60. The molecule has 0 saturated carbocycles. The Morgan fingerprint density at radius 1 is 1.24 bits per heavy atom. The third-order valence-electron chi connectivity index (χ3n) is 2.44. The molecule has 0 aliphatic carbocycles. The van der Waals surface area contributed by atoms with E-state index in [1.807, 2.05) is 24.3 Å². The molecule has 17 heavy (non-hydrogen) atoms. The van der Waals surface area contributed by atoms with Crippen LogP contribution in [0.3, 0.4) is 0 Å². The minimum atomic E-state index is -0.909. The highest BCUT2D eigenvalue weighted by molar-refractivity contribution is 14.1. The summed E-state index contributed by atoms with van der Waals surface area (Å²) in [6, 6.07) is 9.55. The molecule has 4 heteroatoms. The molecule has 0 unspecified atom stereocenters. The van der Waals surface area contributed by atoms with Gasteiger partial charge in [0.05, 0.1) is 5.56 Å². The molecule has 0 fully saturated rings. The van der Waals surface area contributed by atoms with Gasteiger partial charge in [-0.05, 0) is 58.3 Å². The largest absolute Gasteiger partial charge is 0.478 e.